The van der Waals surface area contributed by atoms with Gasteiger partial charge in [-0.3, -0.25) is 9.59 Å². The van der Waals surface area contributed by atoms with Gasteiger partial charge in [0.1, 0.15) is 24.8 Å². The first kappa shape index (κ1) is 19.6. The molecule has 1 amide bonds. The Bertz CT molecular complexity index is 1090. The fourth-order valence-electron chi connectivity index (χ4n) is 4.76. The van der Waals surface area contributed by atoms with E-state index >= 15 is 0 Å². The van der Waals surface area contributed by atoms with Crippen molar-refractivity contribution < 1.29 is 28.6 Å². The van der Waals surface area contributed by atoms with Crippen molar-refractivity contribution >= 4 is 17.4 Å². The van der Waals surface area contributed by atoms with Crippen LogP contribution in [0.5, 0.6) is 11.5 Å². The molecule has 160 valence electrons. The number of hydrogen-bond acceptors (Lipinski definition) is 5. The van der Waals surface area contributed by atoms with E-state index in [4.69, 9.17) is 9.47 Å². The van der Waals surface area contributed by atoms with E-state index in [0.717, 1.165) is 25.7 Å². The lowest BCUT2D eigenvalue weighted by molar-refractivity contribution is -0.141. The Morgan fingerprint density at radius 3 is 2.45 bits per heavy atom. The highest BCUT2D eigenvalue weighted by molar-refractivity contribution is 6.46. The van der Waals surface area contributed by atoms with Crippen LogP contribution in [0.25, 0.3) is 5.76 Å². The lowest BCUT2D eigenvalue weighted by atomic mass is 9.94. The van der Waals surface area contributed by atoms with E-state index in [1.807, 2.05) is 0 Å². The van der Waals surface area contributed by atoms with E-state index in [-0.39, 0.29) is 22.9 Å². The standard InChI is InChI=1S/C24H22FNO5/c25-17-8-4-3-7-16(17)21-20(23(28)24(29)26(21)15-5-1-2-6-15)22(27)14-9-10-18-19(13-14)31-12-11-30-18/h3-4,7-10,13,15,21,27H,1-2,5-6,11-12H2/b22-20+. The number of carbonyl (C=O) groups is 2. The molecule has 6 nitrogen and oxygen atoms in total. The number of hydrogen-bond donors (Lipinski definition) is 1. The van der Waals surface area contributed by atoms with Gasteiger partial charge in [-0.1, -0.05) is 31.0 Å². The molecule has 2 aromatic carbocycles. The molecular formula is C24H22FNO5. The number of rotatable bonds is 3. The number of likely N-dealkylation sites (tertiary alicyclic amines) is 1. The SMILES string of the molecule is O=C1C(=O)N(C2CCCC2)C(c2ccccc2F)/C1=C(\O)c1ccc2c(c1)OCCO2. The summed E-state index contributed by atoms with van der Waals surface area (Å²) in [6, 6.07) is 9.77. The summed E-state index contributed by atoms with van der Waals surface area (Å²) in [5.41, 5.74) is 0.418. The predicted molar refractivity (Wildman–Crippen MR) is 110 cm³/mol. The van der Waals surface area contributed by atoms with Crippen LogP contribution in [0.3, 0.4) is 0 Å². The Morgan fingerprint density at radius 2 is 1.71 bits per heavy atom. The lowest BCUT2D eigenvalue weighted by Gasteiger charge is -2.31. The molecule has 0 radical (unpaired) electrons. The number of benzene rings is 2. The first-order chi connectivity index (χ1) is 15.1. The molecule has 2 fully saturated rings. The molecule has 1 saturated carbocycles. The molecule has 1 saturated heterocycles. The molecule has 2 aliphatic heterocycles. The summed E-state index contributed by atoms with van der Waals surface area (Å²) in [7, 11) is 0. The second kappa shape index (κ2) is 7.72. The number of carbonyl (C=O) groups excluding carboxylic acids is 2. The van der Waals surface area contributed by atoms with Gasteiger partial charge in [0.25, 0.3) is 11.7 Å². The van der Waals surface area contributed by atoms with Crippen LogP contribution < -0.4 is 9.47 Å². The maximum Gasteiger partial charge on any atom is 0.295 e. The Balaban J connectivity index is 1.67. The van der Waals surface area contributed by atoms with Crippen molar-refractivity contribution in [1.82, 2.24) is 4.90 Å². The zero-order valence-corrected chi connectivity index (χ0v) is 16.8. The molecule has 0 spiro atoms. The highest BCUT2D eigenvalue weighted by atomic mass is 19.1. The van der Waals surface area contributed by atoms with Gasteiger partial charge in [0.05, 0.1) is 11.6 Å². The van der Waals surface area contributed by atoms with Crippen LogP contribution in [0, 0.1) is 5.82 Å². The van der Waals surface area contributed by atoms with Crippen LogP contribution in [0.2, 0.25) is 0 Å². The summed E-state index contributed by atoms with van der Waals surface area (Å²) >= 11 is 0. The van der Waals surface area contributed by atoms with Crippen molar-refractivity contribution in [3.8, 4) is 11.5 Å². The third kappa shape index (κ3) is 3.24. The predicted octanol–water partition coefficient (Wildman–Crippen LogP) is 3.96. The second-order valence-corrected chi connectivity index (χ2v) is 8.02. The molecule has 3 aliphatic rings. The first-order valence-corrected chi connectivity index (χ1v) is 10.5. The Labute approximate surface area is 178 Å². The molecule has 1 N–H and O–H groups in total. The number of fused-ring (bicyclic) bond motifs is 1. The van der Waals surface area contributed by atoms with E-state index < -0.39 is 23.5 Å². The van der Waals surface area contributed by atoms with Crippen LogP contribution in [-0.4, -0.2) is 41.0 Å². The average molecular weight is 423 g/mol. The second-order valence-electron chi connectivity index (χ2n) is 8.02. The van der Waals surface area contributed by atoms with E-state index in [1.165, 1.54) is 11.0 Å². The van der Waals surface area contributed by atoms with Gasteiger partial charge < -0.3 is 19.5 Å². The Morgan fingerprint density at radius 1 is 1.00 bits per heavy atom. The van der Waals surface area contributed by atoms with Crippen LogP contribution in [0.4, 0.5) is 4.39 Å². The van der Waals surface area contributed by atoms with Crippen molar-refractivity contribution in [2.45, 2.75) is 37.8 Å². The van der Waals surface area contributed by atoms with Crippen molar-refractivity contribution in [3.63, 3.8) is 0 Å². The van der Waals surface area contributed by atoms with Crippen LogP contribution >= 0.6 is 0 Å². The third-order valence-electron chi connectivity index (χ3n) is 6.21. The smallest absolute Gasteiger partial charge is 0.295 e. The van der Waals surface area contributed by atoms with E-state index in [0.29, 0.717) is 30.3 Å². The van der Waals surface area contributed by atoms with E-state index in [2.05, 4.69) is 0 Å². The summed E-state index contributed by atoms with van der Waals surface area (Å²) in [4.78, 5) is 27.6. The zero-order valence-electron chi connectivity index (χ0n) is 16.8. The minimum absolute atomic E-state index is 0.0984. The van der Waals surface area contributed by atoms with Gasteiger partial charge in [0.15, 0.2) is 11.5 Å². The summed E-state index contributed by atoms with van der Waals surface area (Å²) in [5.74, 6) is -1.37. The average Bonchev–Trinajstić information content (AvgIpc) is 3.40. The topological polar surface area (TPSA) is 76.1 Å². The third-order valence-corrected chi connectivity index (χ3v) is 6.21. The van der Waals surface area contributed by atoms with Gasteiger partial charge >= 0.3 is 0 Å². The molecule has 2 aromatic rings. The van der Waals surface area contributed by atoms with Crippen molar-refractivity contribution in [2.75, 3.05) is 13.2 Å². The van der Waals surface area contributed by atoms with Gasteiger partial charge in [-0.15, -0.1) is 0 Å². The molecule has 2 heterocycles. The van der Waals surface area contributed by atoms with E-state index in [9.17, 15) is 19.1 Å². The lowest BCUT2D eigenvalue weighted by Crippen LogP contribution is -2.38. The summed E-state index contributed by atoms with van der Waals surface area (Å²) in [6.07, 6.45) is 3.39. The summed E-state index contributed by atoms with van der Waals surface area (Å²) < 4.78 is 25.9. The number of amides is 1. The number of aliphatic hydroxyl groups excluding tert-OH is 1. The molecule has 0 bridgehead atoms. The molecule has 5 rings (SSSR count). The maximum atomic E-state index is 14.8. The fourth-order valence-corrected chi connectivity index (χ4v) is 4.76. The minimum atomic E-state index is -0.975. The van der Waals surface area contributed by atoms with Crippen molar-refractivity contribution in [2.24, 2.45) is 0 Å². The number of halogens is 1. The largest absolute Gasteiger partial charge is 0.507 e. The first-order valence-electron chi connectivity index (χ1n) is 10.5. The zero-order chi connectivity index (χ0) is 21.5. The Kier molecular flexibility index (Phi) is 4.88. The highest BCUT2D eigenvalue weighted by Crippen LogP contribution is 2.44. The van der Waals surface area contributed by atoms with E-state index in [1.54, 1.807) is 36.4 Å². The summed E-state index contributed by atoms with van der Waals surface area (Å²) in [5, 5.41) is 11.2. The number of ether oxygens (including phenoxy) is 2. The monoisotopic (exact) mass is 423 g/mol. The summed E-state index contributed by atoms with van der Waals surface area (Å²) in [6.45, 7) is 0.802. The van der Waals surface area contributed by atoms with Crippen LogP contribution in [0.1, 0.15) is 42.9 Å². The van der Waals surface area contributed by atoms with Gasteiger partial charge in [0.2, 0.25) is 0 Å². The molecule has 0 aromatic heterocycles. The number of nitrogens with zero attached hydrogens (tertiary/aromatic N) is 1. The molecule has 1 aliphatic carbocycles. The molecular weight excluding hydrogens is 401 g/mol. The Hall–Kier alpha value is -3.35. The van der Waals surface area contributed by atoms with Gasteiger partial charge in [0, 0.05) is 17.2 Å². The molecule has 1 atom stereocenters. The molecule has 7 heteroatoms. The van der Waals surface area contributed by atoms with Gasteiger partial charge in [-0.05, 0) is 37.1 Å². The number of ketones is 1. The quantitative estimate of drug-likeness (QED) is 0.459. The number of Topliss-reactive ketones (excluding diaryl/α,β-unsaturated/α-hetero) is 1. The normalized spacial score (nSPS) is 22.9. The molecule has 1 unspecified atom stereocenters. The van der Waals surface area contributed by atoms with Crippen LogP contribution in [0.15, 0.2) is 48.0 Å². The van der Waals surface area contributed by atoms with Crippen LogP contribution in [-0.2, 0) is 9.59 Å². The van der Waals surface area contributed by atoms with Crippen molar-refractivity contribution in [1.29, 1.82) is 0 Å². The number of aliphatic hydroxyl groups is 1. The highest BCUT2D eigenvalue weighted by Gasteiger charge is 2.50. The van der Waals surface area contributed by atoms with Crippen molar-refractivity contribution in [3.05, 3.63) is 65.0 Å². The fraction of sp³-hybridized carbons (Fsp3) is 0.333. The maximum absolute atomic E-state index is 14.8. The minimum Gasteiger partial charge on any atom is -0.507 e. The molecule has 31 heavy (non-hydrogen) atoms. The van der Waals surface area contributed by atoms with Gasteiger partial charge in [-0.2, -0.15) is 0 Å². The van der Waals surface area contributed by atoms with Gasteiger partial charge in [-0.25, -0.2) is 4.39 Å².